The molecular weight excluding hydrogens is 671 g/mol. The van der Waals surface area contributed by atoms with Gasteiger partial charge in [0.1, 0.15) is 12.7 Å². The highest BCUT2D eigenvalue weighted by Gasteiger charge is 2.27. The molecule has 10 nitrogen and oxygen atoms in total. The highest BCUT2D eigenvalue weighted by molar-refractivity contribution is 7.47. The van der Waals surface area contributed by atoms with E-state index in [9.17, 15) is 24.2 Å². The van der Waals surface area contributed by atoms with Gasteiger partial charge in [0.15, 0.2) is 6.10 Å². The van der Waals surface area contributed by atoms with Crippen molar-refractivity contribution in [2.45, 2.75) is 206 Å². The molecule has 0 fully saturated rings. The van der Waals surface area contributed by atoms with Crippen molar-refractivity contribution in [1.82, 2.24) is 0 Å². The maximum Gasteiger partial charge on any atom is 0.472 e. The predicted molar refractivity (Wildman–Crippen MR) is 205 cm³/mol. The average Bonchev–Trinajstić information content (AvgIpc) is 3.12. The van der Waals surface area contributed by atoms with E-state index in [-0.39, 0.29) is 19.4 Å². The zero-order valence-corrected chi connectivity index (χ0v) is 33.5. The lowest BCUT2D eigenvalue weighted by atomic mass is 10.0. The Morgan fingerprint density at radius 2 is 0.961 bits per heavy atom. The number of carbonyl (C=O) groups is 2. The maximum atomic E-state index is 12.6. The molecule has 51 heavy (non-hydrogen) atoms. The van der Waals surface area contributed by atoms with Gasteiger partial charge in [0.2, 0.25) is 0 Å². The summed E-state index contributed by atoms with van der Waals surface area (Å²) in [6, 6.07) is 0. The minimum absolute atomic E-state index is 0.168. The smallest absolute Gasteiger partial charge is 0.462 e. The third-order valence-corrected chi connectivity index (χ3v) is 9.87. The monoisotopic (exact) mass is 749 g/mol. The van der Waals surface area contributed by atoms with Gasteiger partial charge in [-0.15, -0.1) is 0 Å². The lowest BCUT2D eigenvalue weighted by Gasteiger charge is -2.20. The van der Waals surface area contributed by atoms with Crippen LogP contribution in [-0.4, -0.2) is 65.7 Å². The highest BCUT2D eigenvalue weighted by atomic mass is 31.2. The molecule has 0 aliphatic heterocycles. The molecule has 0 amide bonds. The molecule has 11 heteroatoms. The molecule has 0 aliphatic carbocycles. The second-order valence-corrected chi connectivity index (χ2v) is 15.5. The zero-order valence-electron chi connectivity index (χ0n) is 32.6. The molecule has 1 unspecified atom stereocenters. The van der Waals surface area contributed by atoms with Crippen LogP contribution < -0.4 is 0 Å². The Kier molecular flexibility index (Phi) is 36.1. The van der Waals surface area contributed by atoms with Crippen LogP contribution in [0.15, 0.2) is 12.2 Å². The highest BCUT2D eigenvalue weighted by Crippen LogP contribution is 2.43. The first-order chi connectivity index (χ1) is 24.7. The molecule has 3 N–H and O–H groups in total. The van der Waals surface area contributed by atoms with E-state index in [4.69, 9.17) is 19.1 Å². The number of aliphatic hydroxyl groups excluding tert-OH is 2. The van der Waals surface area contributed by atoms with Crippen LogP contribution in [-0.2, 0) is 32.7 Å². The van der Waals surface area contributed by atoms with E-state index in [1.807, 2.05) is 0 Å². The normalized spacial score (nSPS) is 14.1. The molecule has 0 aromatic heterocycles. The fraction of sp³-hybridized carbons (Fsp3) is 0.900. The third kappa shape index (κ3) is 36.8. The average molecular weight is 749 g/mol. The number of carbonyl (C=O) groups excluding carboxylic acids is 2. The van der Waals surface area contributed by atoms with Crippen molar-refractivity contribution < 1.29 is 47.8 Å². The maximum absolute atomic E-state index is 12.6. The van der Waals surface area contributed by atoms with Crippen molar-refractivity contribution in [3.05, 3.63) is 12.2 Å². The van der Waals surface area contributed by atoms with E-state index < -0.39 is 51.8 Å². The number of hydrogen-bond donors (Lipinski definition) is 3. The summed E-state index contributed by atoms with van der Waals surface area (Å²) < 4.78 is 32.6. The Morgan fingerprint density at radius 1 is 0.569 bits per heavy atom. The van der Waals surface area contributed by atoms with Crippen molar-refractivity contribution in [3.63, 3.8) is 0 Å². The molecule has 0 aromatic carbocycles. The van der Waals surface area contributed by atoms with E-state index >= 15 is 0 Å². The van der Waals surface area contributed by atoms with Crippen LogP contribution in [0.2, 0.25) is 0 Å². The summed E-state index contributed by atoms with van der Waals surface area (Å²) in [6.07, 6.45) is 33.2. The first-order valence-corrected chi connectivity index (χ1v) is 22.1. The van der Waals surface area contributed by atoms with Crippen molar-refractivity contribution >= 4 is 19.8 Å². The molecule has 0 heterocycles. The van der Waals surface area contributed by atoms with E-state index in [1.165, 1.54) is 109 Å². The lowest BCUT2D eigenvalue weighted by Crippen LogP contribution is -2.29. The number of phosphoric ester groups is 1. The Balaban J connectivity index is 4.33. The van der Waals surface area contributed by atoms with E-state index in [2.05, 4.69) is 30.5 Å². The third-order valence-electron chi connectivity index (χ3n) is 8.92. The first kappa shape index (κ1) is 49.7. The van der Waals surface area contributed by atoms with Crippen LogP contribution in [0.5, 0.6) is 0 Å². The Labute approximate surface area is 311 Å². The van der Waals surface area contributed by atoms with Gasteiger partial charge in [0.25, 0.3) is 0 Å². The van der Waals surface area contributed by atoms with E-state index in [1.54, 1.807) is 0 Å². The second-order valence-electron chi connectivity index (χ2n) is 14.0. The molecule has 0 rings (SSSR count). The number of allylic oxidation sites excluding steroid dienone is 2. The zero-order chi connectivity index (χ0) is 37.7. The van der Waals surface area contributed by atoms with Gasteiger partial charge in [-0.05, 0) is 38.5 Å². The number of esters is 2. The van der Waals surface area contributed by atoms with Crippen LogP contribution in [0.1, 0.15) is 194 Å². The summed E-state index contributed by atoms with van der Waals surface area (Å²) in [5.74, 6) is -0.935. The van der Waals surface area contributed by atoms with Gasteiger partial charge in [-0.3, -0.25) is 18.6 Å². The molecule has 0 aromatic rings. The van der Waals surface area contributed by atoms with E-state index in [0.717, 1.165) is 44.9 Å². The molecule has 3 atom stereocenters. The van der Waals surface area contributed by atoms with Gasteiger partial charge >= 0.3 is 19.8 Å². The predicted octanol–water partition coefficient (Wildman–Crippen LogP) is 10.4. The minimum Gasteiger partial charge on any atom is -0.462 e. The van der Waals surface area contributed by atoms with Crippen molar-refractivity contribution in [1.29, 1.82) is 0 Å². The van der Waals surface area contributed by atoms with Crippen LogP contribution in [0.25, 0.3) is 0 Å². The molecule has 0 aliphatic rings. The molecule has 0 saturated carbocycles. The van der Waals surface area contributed by atoms with Gasteiger partial charge in [0.05, 0.1) is 19.8 Å². The number of rotatable bonds is 39. The second kappa shape index (κ2) is 37.0. The van der Waals surface area contributed by atoms with Crippen molar-refractivity contribution in [2.24, 2.45) is 0 Å². The van der Waals surface area contributed by atoms with E-state index in [0.29, 0.717) is 12.8 Å². The number of aliphatic hydroxyl groups is 2. The Morgan fingerprint density at radius 3 is 1.43 bits per heavy atom. The fourth-order valence-electron chi connectivity index (χ4n) is 5.69. The van der Waals surface area contributed by atoms with Gasteiger partial charge in [-0.1, -0.05) is 154 Å². The summed E-state index contributed by atoms with van der Waals surface area (Å²) in [7, 11) is -4.61. The van der Waals surface area contributed by atoms with Gasteiger partial charge in [-0.2, -0.15) is 0 Å². The molecule has 0 spiro atoms. The number of phosphoric acid groups is 1. The summed E-state index contributed by atoms with van der Waals surface area (Å²) in [6.45, 7) is 2.37. The standard InChI is InChI=1S/C40H77O10P/c1-3-5-7-9-11-13-15-17-18-20-22-24-26-28-30-32-40(44)50-38(36-49-51(45,46)48-34-37(42)33-41)35-47-39(43)31-29-27-25-23-21-19-16-14-12-10-8-6-4-2/h20,22,37-38,41-42H,3-19,21,23-36H2,1-2H3,(H,45,46)/b22-20+/t37-,38+/m0/s1. The van der Waals surface area contributed by atoms with Crippen LogP contribution in [0, 0.1) is 0 Å². The van der Waals surface area contributed by atoms with Crippen LogP contribution >= 0.6 is 7.82 Å². The van der Waals surface area contributed by atoms with Gasteiger partial charge < -0.3 is 24.6 Å². The number of unbranched alkanes of at least 4 members (excludes halogenated alkanes) is 23. The Bertz CT molecular complexity index is 868. The van der Waals surface area contributed by atoms with Crippen LogP contribution in [0.3, 0.4) is 0 Å². The lowest BCUT2D eigenvalue weighted by molar-refractivity contribution is -0.161. The first-order valence-electron chi connectivity index (χ1n) is 20.6. The summed E-state index contributed by atoms with van der Waals surface area (Å²) >= 11 is 0. The Hall–Kier alpha value is -1.29. The minimum atomic E-state index is -4.61. The fourth-order valence-corrected chi connectivity index (χ4v) is 6.48. The number of hydrogen-bond acceptors (Lipinski definition) is 9. The largest absolute Gasteiger partial charge is 0.472 e. The SMILES string of the molecule is CCCCCCCCCC/C=C/CCCCCC(=O)O[C@H](COC(=O)CCCCCCCCCCCCCCC)COP(=O)(O)OC[C@@H](O)CO. The molecule has 302 valence electrons. The van der Waals surface area contributed by atoms with Gasteiger partial charge in [-0.25, -0.2) is 4.57 Å². The van der Waals surface area contributed by atoms with Crippen LogP contribution in [0.4, 0.5) is 0 Å². The molecule has 0 saturated heterocycles. The topological polar surface area (TPSA) is 149 Å². The molecular formula is C40H77O10P. The molecule has 0 bridgehead atoms. The summed E-state index contributed by atoms with van der Waals surface area (Å²) in [5, 5.41) is 18.3. The van der Waals surface area contributed by atoms with Gasteiger partial charge in [0, 0.05) is 12.8 Å². The molecule has 0 radical (unpaired) electrons. The van der Waals surface area contributed by atoms with Crippen molar-refractivity contribution in [2.75, 3.05) is 26.4 Å². The summed E-state index contributed by atoms with van der Waals surface area (Å²) in [5.41, 5.74) is 0. The number of ether oxygens (including phenoxy) is 2. The quantitative estimate of drug-likeness (QED) is 0.0240. The summed E-state index contributed by atoms with van der Waals surface area (Å²) in [4.78, 5) is 34.9. The van der Waals surface area contributed by atoms with Crippen molar-refractivity contribution in [3.8, 4) is 0 Å².